The van der Waals surface area contributed by atoms with Crippen LogP contribution in [0.25, 0.3) is 16.0 Å². The number of amides is 1. The molecule has 2 aliphatic rings. The fourth-order valence-electron chi connectivity index (χ4n) is 4.72. The third-order valence-electron chi connectivity index (χ3n) is 6.61. The predicted molar refractivity (Wildman–Crippen MR) is 151 cm³/mol. The first-order chi connectivity index (χ1) is 19.5. The smallest absolute Gasteiger partial charge is 0.301 e. The highest BCUT2D eigenvalue weighted by molar-refractivity contribution is 7.22. The number of thiazole rings is 1. The molecule has 6 rings (SSSR count). The molecule has 1 saturated heterocycles. The van der Waals surface area contributed by atoms with E-state index in [0.717, 1.165) is 4.70 Å². The lowest BCUT2D eigenvalue weighted by molar-refractivity contribution is -0.132. The minimum Gasteiger partial charge on any atom is -0.507 e. The average molecular weight is 557 g/mol. The molecular formula is C30H24N2O7S. The molecule has 0 bridgehead atoms. The SMILES string of the molecule is C=CCOc1ccc([C@H]2/C(=C(\O)c3ccc4c(c3)OCCO4)C(=O)C(=O)N2c2nc3ccc(OC)cc3s2)cc1. The largest absolute Gasteiger partial charge is 0.507 e. The van der Waals surface area contributed by atoms with Gasteiger partial charge in [-0.15, -0.1) is 0 Å². The number of hydrogen-bond acceptors (Lipinski definition) is 9. The Labute approximate surface area is 233 Å². The maximum atomic E-state index is 13.6. The molecule has 0 aliphatic carbocycles. The number of aliphatic hydroxyl groups excluding tert-OH is 1. The van der Waals surface area contributed by atoms with Crippen LogP contribution < -0.4 is 23.8 Å². The molecule has 0 saturated carbocycles. The van der Waals surface area contributed by atoms with Crippen molar-refractivity contribution in [3.05, 3.63) is 90.0 Å². The van der Waals surface area contributed by atoms with Gasteiger partial charge in [-0.25, -0.2) is 4.98 Å². The van der Waals surface area contributed by atoms with Crippen LogP contribution >= 0.6 is 11.3 Å². The molecule has 9 nitrogen and oxygen atoms in total. The molecule has 1 fully saturated rings. The van der Waals surface area contributed by atoms with Crippen LogP contribution in [-0.4, -0.2) is 48.7 Å². The molecule has 0 unspecified atom stereocenters. The maximum absolute atomic E-state index is 13.6. The molecule has 4 aromatic rings. The van der Waals surface area contributed by atoms with Crippen molar-refractivity contribution in [2.75, 3.05) is 31.8 Å². The van der Waals surface area contributed by atoms with Crippen molar-refractivity contribution in [1.82, 2.24) is 4.98 Å². The van der Waals surface area contributed by atoms with Gasteiger partial charge in [0.15, 0.2) is 16.6 Å². The normalized spacial score (nSPS) is 17.7. The summed E-state index contributed by atoms with van der Waals surface area (Å²) in [6.07, 6.45) is 1.64. The van der Waals surface area contributed by atoms with Crippen molar-refractivity contribution in [2.45, 2.75) is 6.04 Å². The number of fused-ring (bicyclic) bond motifs is 2. The Balaban J connectivity index is 1.50. The summed E-state index contributed by atoms with van der Waals surface area (Å²) in [5.41, 5.74) is 1.52. The summed E-state index contributed by atoms with van der Waals surface area (Å²) in [5.74, 6) is 0.306. The van der Waals surface area contributed by atoms with Crippen LogP contribution in [0.15, 0.2) is 78.9 Å². The number of methoxy groups -OCH3 is 1. The second-order valence-corrected chi connectivity index (χ2v) is 10.0. The quantitative estimate of drug-likeness (QED) is 0.142. The number of ether oxygens (including phenoxy) is 4. The zero-order valence-electron chi connectivity index (χ0n) is 21.5. The lowest BCUT2D eigenvalue weighted by Gasteiger charge is -2.23. The van der Waals surface area contributed by atoms with E-state index in [2.05, 4.69) is 11.6 Å². The van der Waals surface area contributed by atoms with Crippen LogP contribution in [0.2, 0.25) is 0 Å². The third-order valence-corrected chi connectivity index (χ3v) is 7.63. The van der Waals surface area contributed by atoms with E-state index in [1.807, 2.05) is 6.07 Å². The summed E-state index contributed by atoms with van der Waals surface area (Å²) in [6, 6.07) is 16.4. The van der Waals surface area contributed by atoms with E-state index in [4.69, 9.17) is 18.9 Å². The Hall–Kier alpha value is -4.83. The van der Waals surface area contributed by atoms with Crippen LogP contribution in [0.5, 0.6) is 23.0 Å². The average Bonchev–Trinajstić information content (AvgIpc) is 3.53. The summed E-state index contributed by atoms with van der Waals surface area (Å²) in [7, 11) is 1.57. The van der Waals surface area contributed by atoms with Crippen molar-refractivity contribution < 1.29 is 33.6 Å². The molecule has 1 atom stereocenters. The topological polar surface area (TPSA) is 107 Å². The zero-order valence-corrected chi connectivity index (χ0v) is 22.3. The highest BCUT2D eigenvalue weighted by Crippen LogP contribution is 2.45. The van der Waals surface area contributed by atoms with Crippen molar-refractivity contribution in [1.29, 1.82) is 0 Å². The molecule has 1 aromatic heterocycles. The van der Waals surface area contributed by atoms with Crippen LogP contribution in [-0.2, 0) is 9.59 Å². The van der Waals surface area contributed by atoms with E-state index in [9.17, 15) is 14.7 Å². The Bertz CT molecular complexity index is 1680. The van der Waals surface area contributed by atoms with Gasteiger partial charge in [0, 0.05) is 5.56 Å². The molecule has 0 radical (unpaired) electrons. The lowest BCUT2D eigenvalue weighted by atomic mass is 9.95. The summed E-state index contributed by atoms with van der Waals surface area (Å²) in [5, 5.41) is 11.8. The van der Waals surface area contributed by atoms with Crippen molar-refractivity contribution in [3.63, 3.8) is 0 Å². The van der Waals surface area contributed by atoms with Gasteiger partial charge in [-0.3, -0.25) is 14.5 Å². The molecule has 3 heterocycles. The Morgan fingerprint density at radius 1 is 1.07 bits per heavy atom. The summed E-state index contributed by atoms with van der Waals surface area (Å²) < 4.78 is 23.0. The number of aliphatic hydroxyl groups is 1. The monoisotopic (exact) mass is 556 g/mol. The summed E-state index contributed by atoms with van der Waals surface area (Å²) in [6.45, 7) is 4.78. The molecule has 3 aromatic carbocycles. The van der Waals surface area contributed by atoms with Gasteiger partial charge < -0.3 is 24.1 Å². The number of rotatable bonds is 7. The van der Waals surface area contributed by atoms with Crippen molar-refractivity contribution in [2.24, 2.45) is 0 Å². The fraction of sp³-hybridized carbons (Fsp3) is 0.167. The number of ketones is 1. The number of anilines is 1. The van der Waals surface area contributed by atoms with Gasteiger partial charge >= 0.3 is 5.91 Å². The van der Waals surface area contributed by atoms with Gasteiger partial charge in [-0.1, -0.05) is 36.1 Å². The minimum absolute atomic E-state index is 0.0572. The molecular weight excluding hydrogens is 532 g/mol. The van der Waals surface area contributed by atoms with Gasteiger partial charge in [0.1, 0.15) is 37.1 Å². The number of carbonyl (C=O) groups excluding carboxylic acids is 2. The molecule has 10 heteroatoms. The number of aromatic nitrogens is 1. The summed E-state index contributed by atoms with van der Waals surface area (Å²) in [4.78, 5) is 33.1. The highest BCUT2D eigenvalue weighted by atomic mass is 32.1. The number of Topliss-reactive ketones (excluding diaryl/α,β-unsaturated/α-hetero) is 1. The predicted octanol–water partition coefficient (Wildman–Crippen LogP) is 5.27. The summed E-state index contributed by atoms with van der Waals surface area (Å²) >= 11 is 1.26. The Morgan fingerprint density at radius 2 is 1.82 bits per heavy atom. The fourth-order valence-corrected chi connectivity index (χ4v) is 5.74. The van der Waals surface area contributed by atoms with Gasteiger partial charge in [0.25, 0.3) is 5.78 Å². The first-order valence-electron chi connectivity index (χ1n) is 12.5. The molecule has 1 amide bonds. The molecule has 202 valence electrons. The first kappa shape index (κ1) is 25.4. The van der Waals surface area contributed by atoms with E-state index in [1.54, 1.807) is 67.8 Å². The zero-order chi connectivity index (χ0) is 27.8. The van der Waals surface area contributed by atoms with Gasteiger partial charge in [-0.05, 0) is 54.1 Å². The number of nitrogens with zero attached hydrogens (tertiary/aromatic N) is 2. The maximum Gasteiger partial charge on any atom is 0.301 e. The minimum atomic E-state index is -0.941. The standard InChI is InChI=1S/C30H24N2O7S/c1-3-12-37-19-7-4-17(5-8-19)26-25(27(33)18-6-11-22-23(15-18)39-14-13-38-22)28(34)29(35)32(26)30-31-21-10-9-20(36-2)16-24(21)40-30/h3-11,15-16,26,33H,1,12-14H2,2H3/b27-25+/t26-/m0/s1. The second-order valence-electron chi connectivity index (χ2n) is 9.03. The van der Waals surface area contributed by atoms with Gasteiger partial charge in [-0.2, -0.15) is 0 Å². The van der Waals surface area contributed by atoms with Gasteiger partial charge in [0.05, 0.1) is 28.9 Å². The number of carbonyl (C=O) groups is 2. The highest BCUT2D eigenvalue weighted by Gasteiger charge is 2.48. The van der Waals surface area contributed by atoms with Crippen molar-refractivity contribution >= 4 is 44.1 Å². The Morgan fingerprint density at radius 3 is 2.58 bits per heavy atom. The van der Waals surface area contributed by atoms with E-state index >= 15 is 0 Å². The van der Waals surface area contributed by atoms with Crippen LogP contribution in [0.3, 0.4) is 0 Å². The van der Waals surface area contributed by atoms with Crippen LogP contribution in [0, 0.1) is 0 Å². The van der Waals surface area contributed by atoms with E-state index < -0.39 is 17.7 Å². The molecule has 40 heavy (non-hydrogen) atoms. The molecule has 2 aliphatic heterocycles. The van der Waals surface area contributed by atoms with E-state index in [0.29, 0.717) is 64.6 Å². The van der Waals surface area contributed by atoms with Crippen LogP contribution in [0.1, 0.15) is 17.2 Å². The number of benzene rings is 3. The lowest BCUT2D eigenvalue weighted by Crippen LogP contribution is -2.29. The van der Waals surface area contributed by atoms with E-state index in [1.165, 1.54) is 16.2 Å². The van der Waals surface area contributed by atoms with E-state index in [-0.39, 0.29) is 11.3 Å². The molecule has 0 spiro atoms. The molecule has 1 N–H and O–H groups in total. The number of hydrogen-bond donors (Lipinski definition) is 1. The van der Waals surface area contributed by atoms with Crippen molar-refractivity contribution in [3.8, 4) is 23.0 Å². The second kappa shape index (κ2) is 10.4. The van der Waals surface area contributed by atoms with Crippen LogP contribution in [0.4, 0.5) is 5.13 Å². The van der Waals surface area contributed by atoms with Gasteiger partial charge in [0.2, 0.25) is 0 Å². The first-order valence-corrected chi connectivity index (χ1v) is 13.3. The third kappa shape index (κ3) is 4.42. The Kier molecular flexibility index (Phi) is 6.61.